The molecule has 0 amide bonds. The van der Waals surface area contributed by atoms with Gasteiger partial charge in [0.1, 0.15) is 18.1 Å². The Morgan fingerprint density at radius 2 is 2.00 bits per heavy atom. The summed E-state index contributed by atoms with van der Waals surface area (Å²) in [5, 5.41) is 20.8. The molecule has 13 nitrogen and oxygen atoms in total. The molecule has 2 aromatic rings. The maximum absolute atomic E-state index is 12.1. The number of aliphatic hydroxyl groups is 1. The van der Waals surface area contributed by atoms with E-state index < -0.39 is 49.0 Å². The number of hydrogen-bond acceptors (Lipinski definition) is 9. The number of aliphatic hydroxyl groups excluding tert-OH is 1. The molecule has 1 aromatic heterocycles. The van der Waals surface area contributed by atoms with Crippen LogP contribution < -0.4 is 15.8 Å². The molecule has 1 aliphatic rings. The number of nitro benzene ring substituents is 1. The van der Waals surface area contributed by atoms with Crippen LogP contribution in [0.1, 0.15) is 18.2 Å². The van der Waals surface area contributed by atoms with Crippen LogP contribution in [-0.2, 0) is 13.8 Å². The van der Waals surface area contributed by atoms with Gasteiger partial charge in [-0.2, -0.15) is 0 Å². The number of aryl methyl sites for hydroxylation is 1. The SMILES string of the molecule is Cc1cn([C@H]2C[C@H](O)[C@@H](COP(=O)(O)Oc3ccc([N+](=O)[O-])cc3)O2)c(=O)[nH]c1=O.[Na]. The second-order valence-electron chi connectivity index (χ2n) is 6.52. The van der Waals surface area contributed by atoms with Gasteiger partial charge in [0.2, 0.25) is 0 Å². The number of H-pyrrole nitrogens is 1. The fourth-order valence-electron chi connectivity index (χ4n) is 2.79. The Morgan fingerprint density at radius 3 is 2.61 bits per heavy atom. The van der Waals surface area contributed by atoms with Crippen molar-refractivity contribution in [3.05, 3.63) is 67.0 Å². The number of ether oxygens (including phenoxy) is 1. The van der Waals surface area contributed by atoms with Gasteiger partial charge in [-0.05, 0) is 19.1 Å². The van der Waals surface area contributed by atoms with E-state index in [2.05, 4.69) is 4.98 Å². The first kappa shape index (κ1) is 25.4. The third-order valence-electron chi connectivity index (χ3n) is 4.33. The Morgan fingerprint density at radius 1 is 1.35 bits per heavy atom. The van der Waals surface area contributed by atoms with Crippen LogP contribution in [-0.4, -0.2) is 72.8 Å². The van der Waals surface area contributed by atoms with Crippen LogP contribution in [0, 0.1) is 17.0 Å². The number of phosphoric acid groups is 1. The summed E-state index contributed by atoms with van der Waals surface area (Å²) in [6.07, 6.45) is -1.80. The van der Waals surface area contributed by atoms with Crippen molar-refractivity contribution in [1.29, 1.82) is 0 Å². The summed E-state index contributed by atoms with van der Waals surface area (Å²) in [5.74, 6) is -0.132. The molecule has 163 valence electrons. The average molecular weight is 466 g/mol. The normalized spacial score (nSPS) is 22.4. The van der Waals surface area contributed by atoms with Crippen LogP contribution in [0.25, 0.3) is 0 Å². The number of non-ortho nitro benzene ring substituents is 1. The van der Waals surface area contributed by atoms with Crippen molar-refractivity contribution in [1.82, 2.24) is 9.55 Å². The van der Waals surface area contributed by atoms with Gasteiger partial charge in [-0.25, -0.2) is 9.36 Å². The zero-order chi connectivity index (χ0) is 22.1. The van der Waals surface area contributed by atoms with Gasteiger partial charge in [0, 0.05) is 59.9 Å². The molecule has 0 saturated carbocycles. The molecular weight excluding hydrogens is 448 g/mol. The predicted molar refractivity (Wildman–Crippen MR) is 106 cm³/mol. The number of aromatic amines is 1. The molecular formula is C16H18N3NaO10P. The second kappa shape index (κ2) is 10.2. The maximum Gasteiger partial charge on any atom is 0.527 e. The third-order valence-corrected chi connectivity index (χ3v) is 5.25. The topological polar surface area (TPSA) is 183 Å². The zero-order valence-electron chi connectivity index (χ0n) is 16.5. The standard InChI is InChI=1S/C16H18N3O10P.Na/c1-9-7-18(16(22)17-15(9)21)14-6-12(20)13(28-14)8-27-30(25,26)29-11-4-2-10(3-5-11)19(23)24;/h2-5,7,12-14,20H,6,8H2,1H3,(H,25,26)(H,17,21,22);/t12-,13+,14+;/m0./s1. The third kappa shape index (κ3) is 6.34. The maximum atomic E-state index is 12.1. The summed E-state index contributed by atoms with van der Waals surface area (Å²) in [6, 6.07) is 4.44. The minimum Gasteiger partial charge on any atom is -0.404 e. The van der Waals surface area contributed by atoms with Gasteiger partial charge >= 0.3 is 13.5 Å². The van der Waals surface area contributed by atoms with Crippen molar-refractivity contribution < 1.29 is 33.3 Å². The number of nitrogens with zero attached hydrogens (tertiary/aromatic N) is 2. The van der Waals surface area contributed by atoms with E-state index in [4.69, 9.17) is 13.8 Å². The Labute approximate surface area is 196 Å². The average Bonchev–Trinajstić information content (AvgIpc) is 3.03. The van der Waals surface area contributed by atoms with E-state index in [0.29, 0.717) is 0 Å². The van der Waals surface area contributed by atoms with E-state index in [1.54, 1.807) is 0 Å². The molecule has 3 rings (SSSR count). The molecule has 1 aromatic carbocycles. The van der Waals surface area contributed by atoms with Gasteiger partial charge in [-0.3, -0.25) is 33.9 Å². The number of benzene rings is 1. The van der Waals surface area contributed by atoms with E-state index in [1.807, 2.05) is 0 Å². The van der Waals surface area contributed by atoms with E-state index in [0.717, 1.165) is 28.8 Å². The molecule has 1 fully saturated rings. The Balaban J connectivity index is 0.00000341. The van der Waals surface area contributed by atoms with Gasteiger partial charge in [-0.15, -0.1) is 0 Å². The smallest absolute Gasteiger partial charge is 0.404 e. The van der Waals surface area contributed by atoms with Crippen molar-refractivity contribution in [2.45, 2.75) is 31.8 Å². The Kier molecular flexibility index (Phi) is 8.36. The van der Waals surface area contributed by atoms with Crippen molar-refractivity contribution >= 4 is 43.1 Å². The molecule has 4 atom stereocenters. The van der Waals surface area contributed by atoms with Gasteiger partial charge in [0.15, 0.2) is 0 Å². The van der Waals surface area contributed by atoms with E-state index >= 15 is 0 Å². The van der Waals surface area contributed by atoms with Crippen LogP contribution in [0.15, 0.2) is 40.1 Å². The molecule has 0 aliphatic carbocycles. The van der Waals surface area contributed by atoms with Crippen LogP contribution >= 0.6 is 7.82 Å². The van der Waals surface area contributed by atoms with Gasteiger partial charge < -0.3 is 14.4 Å². The summed E-state index contributed by atoms with van der Waals surface area (Å²) < 4.78 is 28.4. The summed E-state index contributed by atoms with van der Waals surface area (Å²) in [6.45, 7) is 0.966. The number of nitrogens with one attached hydrogen (secondary N) is 1. The van der Waals surface area contributed by atoms with Gasteiger partial charge in [-0.1, -0.05) is 0 Å². The predicted octanol–water partition coefficient (Wildman–Crippen LogP) is 0.217. The fourth-order valence-corrected chi connectivity index (χ4v) is 3.57. The first-order chi connectivity index (χ1) is 14.1. The first-order valence-corrected chi connectivity index (χ1v) is 10.1. The molecule has 0 spiro atoms. The van der Waals surface area contributed by atoms with Crippen LogP contribution in [0.2, 0.25) is 0 Å². The van der Waals surface area contributed by atoms with Crippen LogP contribution in [0.5, 0.6) is 5.75 Å². The number of phosphoric ester groups is 1. The van der Waals surface area contributed by atoms with Gasteiger partial charge in [0.05, 0.1) is 17.6 Å². The van der Waals surface area contributed by atoms with E-state index in [9.17, 15) is 34.3 Å². The number of aromatic nitrogens is 2. The van der Waals surface area contributed by atoms with Crippen LogP contribution in [0.4, 0.5) is 5.69 Å². The van der Waals surface area contributed by atoms with E-state index in [-0.39, 0.29) is 53.0 Å². The quantitative estimate of drug-likeness (QED) is 0.221. The number of rotatable bonds is 7. The van der Waals surface area contributed by atoms with E-state index in [1.165, 1.54) is 13.1 Å². The molecule has 15 heteroatoms. The molecule has 1 saturated heterocycles. The zero-order valence-corrected chi connectivity index (χ0v) is 19.4. The summed E-state index contributed by atoms with van der Waals surface area (Å²) in [4.78, 5) is 45.4. The first-order valence-electron chi connectivity index (χ1n) is 8.63. The Hall–Kier alpha value is -1.83. The molecule has 1 aliphatic heterocycles. The minimum atomic E-state index is -4.62. The monoisotopic (exact) mass is 466 g/mol. The van der Waals surface area contributed by atoms with Gasteiger partial charge in [0.25, 0.3) is 11.2 Å². The van der Waals surface area contributed by atoms with Crippen molar-refractivity contribution in [2.24, 2.45) is 0 Å². The molecule has 0 bridgehead atoms. The Bertz CT molecular complexity index is 1100. The molecule has 2 heterocycles. The number of hydrogen-bond donors (Lipinski definition) is 3. The summed E-state index contributed by atoms with van der Waals surface area (Å²) >= 11 is 0. The largest absolute Gasteiger partial charge is 0.527 e. The van der Waals surface area contributed by atoms with Crippen molar-refractivity contribution in [2.75, 3.05) is 6.61 Å². The summed E-state index contributed by atoms with van der Waals surface area (Å²) in [5.41, 5.74) is -1.22. The van der Waals surface area contributed by atoms with Crippen molar-refractivity contribution in [3.8, 4) is 5.75 Å². The number of nitro groups is 1. The fraction of sp³-hybridized carbons (Fsp3) is 0.375. The second-order valence-corrected chi connectivity index (χ2v) is 7.90. The molecule has 31 heavy (non-hydrogen) atoms. The minimum absolute atomic E-state index is 0. The van der Waals surface area contributed by atoms with Crippen molar-refractivity contribution in [3.63, 3.8) is 0 Å². The molecule has 3 N–H and O–H groups in total. The molecule has 1 radical (unpaired) electrons. The summed E-state index contributed by atoms with van der Waals surface area (Å²) in [7, 11) is -4.62. The van der Waals surface area contributed by atoms with Crippen LogP contribution in [0.3, 0.4) is 0 Å². The molecule has 1 unspecified atom stereocenters.